The molecular weight excluding hydrogens is 340 g/mol. The Kier molecular flexibility index (Phi) is 6.18. The lowest BCUT2D eigenvalue weighted by Crippen LogP contribution is -2.51. The molecule has 1 amide bonds. The molecule has 2 aliphatic rings. The first-order chi connectivity index (χ1) is 11.2. The van der Waals surface area contributed by atoms with Crippen molar-refractivity contribution in [3.63, 3.8) is 0 Å². The number of carboxylic acids is 1. The summed E-state index contributed by atoms with van der Waals surface area (Å²) in [6.07, 6.45) is 1.10. The number of sulfonamides is 1. The van der Waals surface area contributed by atoms with E-state index < -0.39 is 28.6 Å². The van der Waals surface area contributed by atoms with Gasteiger partial charge in [-0.05, 0) is 13.3 Å². The van der Waals surface area contributed by atoms with Gasteiger partial charge in [-0.2, -0.15) is 4.31 Å². The van der Waals surface area contributed by atoms with Gasteiger partial charge < -0.3 is 19.5 Å². The molecule has 0 radical (unpaired) electrons. The molecule has 0 spiro atoms. The molecule has 9 nitrogen and oxygen atoms in total. The Morgan fingerprint density at radius 3 is 2.71 bits per heavy atom. The number of carbonyl (C=O) groups is 2. The molecule has 1 heterocycles. The second-order valence-corrected chi connectivity index (χ2v) is 8.04. The van der Waals surface area contributed by atoms with Crippen LogP contribution in [0.2, 0.25) is 0 Å². The molecule has 2 rings (SSSR count). The number of ether oxygens (including phenoxy) is 2. The zero-order valence-electron chi connectivity index (χ0n) is 13.9. The Balaban J connectivity index is 1.92. The second-order valence-electron chi connectivity index (χ2n) is 6.06. The highest BCUT2D eigenvalue weighted by Gasteiger charge is 2.46. The number of morpholine rings is 1. The van der Waals surface area contributed by atoms with E-state index >= 15 is 0 Å². The summed E-state index contributed by atoms with van der Waals surface area (Å²) in [7, 11) is -3.67. The van der Waals surface area contributed by atoms with Crippen LogP contribution in [0.5, 0.6) is 0 Å². The second kappa shape index (κ2) is 7.77. The van der Waals surface area contributed by atoms with E-state index in [0.29, 0.717) is 26.2 Å². The standard InChI is InChI=1S/C14H24N2O7S/c1-3-22-12-6-11(12)14(19)15-4-5-23-10(7-15)8-16(9-13(17)18)24(2,20)21/h10-12H,3-9H2,1-2H3,(H,17,18). The van der Waals surface area contributed by atoms with Gasteiger partial charge in [-0.1, -0.05) is 0 Å². The molecule has 1 N–H and O–H groups in total. The van der Waals surface area contributed by atoms with Gasteiger partial charge in [-0.25, -0.2) is 8.42 Å². The number of amides is 1. The van der Waals surface area contributed by atoms with Gasteiger partial charge in [0, 0.05) is 26.2 Å². The maximum atomic E-state index is 12.4. The van der Waals surface area contributed by atoms with Crippen LogP contribution in [0.25, 0.3) is 0 Å². The molecule has 3 atom stereocenters. The molecule has 1 aliphatic carbocycles. The fraction of sp³-hybridized carbons (Fsp3) is 0.857. The lowest BCUT2D eigenvalue weighted by molar-refractivity contribution is -0.143. The van der Waals surface area contributed by atoms with Crippen molar-refractivity contribution < 1.29 is 32.6 Å². The van der Waals surface area contributed by atoms with Gasteiger partial charge in [0.1, 0.15) is 6.54 Å². The molecule has 0 aromatic heterocycles. The van der Waals surface area contributed by atoms with Crippen LogP contribution in [-0.4, -0.2) is 92.5 Å². The van der Waals surface area contributed by atoms with Gasteiger partial charge >= 0.3 is 5.97 Å². The molecule has 1 aliphatic heterocycles. The largest absolute Gasteiger partial charge is 0.480 e. The highest BCUT2D eigenvalue weighted by molar-refractivity contribution is 7.88. The number of hydrogen-bond donors (Lipinski definition) is 1. The van der Waals surface area contributed by atoms with Crippen LogP contribution in [0.3, 0.4) is 0 Å². The van der Waals surface area contributed by atoms with Crippen molar-refractivity contribution in [3.8, 4) is 0 Å². The fourth-order valence-corrected chi connectivity index (χ4v) is 3.57. The average Bonchev–Trinajstić information content (AvgIpc) is 3.24. The van der Waals surface area contributed by atoms with Crippen molar-refractivity contribution in [2.75, 3.05) is 45.6 Å². The van der Waals surface area contributed by atoms with Crippen LogP contribution in [0.4, 0.5) is 0 Å². The molecule has 0 bridgehead atoms. The maximum absolute atomic E-state index is 12.4. The molecule has 24 heavy (non-hydrogen) atoms. The van der Waals surface area contributed by atoms with Crippen molar-refractivity contribution in [2.24, 2.45) is 5.92 Å². The van der Waals surface area contributed by atoms with Crippen LogP contribution < -0.4 is 0 Å². The first kappa shape index (κ1) is 19.1. The minimum atomic E-state index is -3.67. The summed E-state index contributed by atoms with van der Waals surface area (Å²) in [5.74, 6) is -1.37. The van der Waals surface area contributed by atoms with E-state index in [-0.39, 0.29) is 31.0 Å². The van der Waals surface area contributed by atoms with Crippen molar-refractivity contribution >= 4 is 21.9 Å². The monoisotopic (exact) mass is 364 g/mol. The summed E-state index contributed by atoms with van der Waals surface area (Å²) in [5, 5.41) is 8.85. The van der Waals surface area contributed by atoms with E-state index in [1.165, 1.54) is 0 Å². The zero-order valence-corrected chi connectivity index (χ0v) is 14.7. The Bertz CT molecular complexity index is 580. The summed E-state index contributed by atoms with van der Waals surface area (Å²) in [4.78, 5) is 24.9. The smallest absolute Gasteiger partial charge is 0.318 e. The topological polar surface area (TPSA) is 113 Å². The third-order valence-electron chi connectivity index (χ3n) is 4.07. The van der Waals surface area contributed by atoms with Crippen molar-refractivity contribution in [1.82, 2.24) is 9.21 Å². The van der Waals surface area contributed by atoms with Gasteiger partial charge in [-0.15, -0.1) is 0 Å². The number of nitrogens with zero attached hydrogens (tertiary/aromatic N) is 2. The minimum Gasteiger partial charge on any atom is -0.480 e. The van der Waals surface area contributed by atoms with Crippen molar-refractivity contribution in [1.29, 1.82) is 0 Å². The Labute approximate surface area is 141 Å². The normalized spacial score (nSPS) is 27.3. The number of hydrogen-bond acceptors (Lipinski definition) is 6. The molecule has 10 heteroatoms. The molecule has 3 unspecified atom stereocenters. The lowest BCUT2D eigenvalue weighted by atomic mass is 10.2. The predicted octanol–water partition coefficient (Wildman–Crippen LogP) is -1.01. The molecule has 138 valence electrons. The average molecular weight is 364 g/mol. The van der Waals surface area contributed by atoms with Gasteiger partial charge in [0.2, 0.25) is 15.9 Å². The summed E-state index contributed by atoms with van der Waals surface area (Å²) in [6.45, 7) is 2.73. The van der Waals surface area contributed by atoms with E-state index in [9.17, 15) is 18.0 Å². The molecular formula is C14H24N2O7S. The van der Waals surface area contributed by atoms with Gasteiger partial charge in [0.25, 0.3) is 0 Å². The van der Waals surface area contributed by atoms with E-state index in [1.54, 1.807) is 4.90 Å². The van der Waals surface area contributed by atoms with Crippen LogP contribution >= 0.6 is 0 Å². The fourth-order valence-electron chi connectivity index (χ4n) is 2.79. The van der Waals surface area contributed by atoms with Crippen LogP contribution in [-0.2, 0) is 29.1 Å². The van der Waals surface area contributed by atoms with E-state index in [0.717, 1.165) is 10.6 Å². The molecule has 0 aromatic rings. The number of carboxylic acid groups (broad SMARTS) is 1. The summed E-state index contributed by atoms with van der Waals surface area (Å²) >= 11 is 0. The third-order valence-corrected chi connectivity index (χ3v) is 5.28. The Morgan fingerprint density at radius 2 is 2.12 bits per heavy atom. The number of rotatable bonds is 8. The summed E-state index contributed by atoms with van der Waals surface area (Å²) in [6, 6.07) is 0. The number of aliphatic carboxylic acids is 1. The first-order valence-electron chi connectivity index (χ1n) is 7.91. The quantitative estimate of drug-likeness (QED) is 0.587. The van der Waals surface area contributed by atoms with Crippen molar-refractivity contribution in [2.45, 2.75) is 25.6 Å². The van der Waals surface area contributed by atoms with Crippen molar-refractivity contribution in [3.05, 3.63) is 0 Å². The van der Waals surface area contributed by atoms with E-state index in [4.69, 9.17) is 14.6 Å². The van der Waals surface area contributed by atoms with Crippen LogP contribution in [0.15, 0.2) is 0 Å². The predicted molar refractivity (Wildman–Crippen MR) is 83.9 cm³/mol. The zero-order chi connectivity index (χ0) is 17.9. The minimum absolute atomic E-state index is 0.00844. The highest BCUT2D eigenvalue weighted by atomic mass is 32.2. The number of carbonyl (C=O) groups excluding carboxylic acids is 1. The highest BCUT2D eigenvalue weighted by Crippen LogP contribution is 2.35. The summed E-state index contributed by atoms with van der Waals surface area (Å²) in [5.41, 5.74) is 0. The SMILES string of the molecule is CCOC1CC1C(=O)N1CCOC(CN(CC(=O)O)S(C)(=O)=O)C1. The lowest BCUT2D eigenvalue weighted by Gasteiger charge is -2.35. The van der Waals surface area contributed by atoms with Crippen LogP contribution in [0, 0.1) is 5.92 Å². The summed E-state index contributed by atoms with van der Waals surface area (Å²) < 4.78 is 35.2. The Morgan fingerprint density at radius 1 is 1.42 bits per heavy atom. The third kappa shape index (κ3) is 5.13. The van der Waals surface area contributed by atoms with E-state index in [1.807, 2.05) is 6.92 Å². The molecule has 1 saturated carbocycles. The molecule has 2 fully saturated rings. The van der Waals surface area contributed by atoms with Gasteiger partial charge in [0.05, 0.1) is 31.0 Å². The van der Waals surface area contributed by atoms with Crippen LogP contribution in [0.1, 0.15) is 13.3 Å². The maximum Gasteiger partial charge on any atom is 0.318 e. The van der Waals surface area contributed by atoms with Gasteiger partial charge in [0.15, 0.2) is 0 Å². The Hall–Kier alpha value is -1.23. The molecule has 1 saturated heterocycles. The first-order valence-corrected chi connectivity index (χ1v) is 9.76. The molecule has 0 aromatic carbocycles. The van der Waals surface area contributed by atoms with E-state index in [2.05, 4.69) is 0 Å². The van der Waals surface area contributed by atoms with Gasteiger partial charge in [-0.3, -0.25) is 9.59 Å².